The Kier molecular flexibility index (Phi) is 3.77. The molecule has 1 unspecified atom stereocenters. The van der Waals surface area contributed by atoms with Gasteiger partial charge in [-0.15, -0.1) is 0 Å². The van der Waals surface area contributed by atoms with Gasteiger partial charge in [-0.25, -0.2) is 8.42 Å². The molecule has 2 rings (SSSR count). The van der Waals surface area contributed by atoms with E-state index in [1.165, 1.54) is 0 Å². The Labute approximate surface area is 115 Å². The third-order valence-electron chi connectivity index (χ3n) is 2.93. The average Bonchev–Trinajstić information content (AvgIpc) is 2.61. The Balaban J connectivity index is 2.11. The van der Waals surface area contributed by atoms with E-state index in [2.05, 4.69) is 21.2 Å². The van der Waals surface area contributed by atoms with Gasteiger partial charge in [0.1, 0.15) is 0 Å². The molecule has 0 aromatic heterocycles. The fraction of sp³-hybridized carbons (Fsp3) is 0.417. The van der Waals surface area contributed by atoms with Gasteiger partial charge in [-0.1, -0.05) is 11.6 Å². The van der Waals surface area contributed by atoms with Crippen LogP contribution in [-0.2, 0) is 9.84 Å². The average molecular weight is 332 g/mol. The Hall–Kier alpha value is -0.880. The number of carbonyl (C=O) groups is 1. The second-order valence-electron chi connectivity index (χ2n) is 4.56. The lowest BCUT2D eigenvalue weighted by Crippen LogP contribution is -2.35. The van der Waals surface area contributed by atoms with Gasteiger partial charge in [0.25, 0.3) is 5.91 Å². The summed E-state index contributed by atoms with van der Waals surface area (Å²) in [6, 6.07) is 5.23. The molecule has 1 saturated heterocycles. The predicted molar refractivity (Wildman–Crippen MR) is 73.4 cm³/mol. The molecule has 0 saturated carbocycles. The zero-order valence-electron chi connectivity index (χ0n) is 9.94. The molecule has 6 heteroatoms. The molecule has 0 aliphatic carbocycles. The van der Waals surface area contributed by atoms with Crippen LogP contribution in [0.3, 0.4) is 0 Å². The van der Waals surface area contributed by atoms with Gasteiger partial charge in [0.05, 0.1) is 17.1 Å². The van der Waals surface area contributed by atoms with E-state index in [1.807, 2.05) is 19.1 Å². The number of hydrogen-bond acceptors (Lipinski definition) is 3. The molecule has 18 heavy (non-hydrogen) atoms. The van der Waals surface area contributed by atoms with Crippen LogP contribution in [0, 0.1) is 6.92 Å². The van der Waals surface area contributed by atoms with Crippen molar-refractivity contribution < 1.29 is 13.2 Å². The van der Waals surface area contributed by atoms with Crippen molar-refractivity contribution in [1.29, 1.82) is 0 Å². The molecule has 1 heterocycles. The van der Waals surface area contributed by atoms with E-state index in [1.54, 1.807) is 6.07 Å². The number of rotatable bonds is 2. The molecule has 1 N–H and O–H groups in total. The molecule has 1 aliphatic heterocycles. The van der Waals surface area contributed by atoms with E-state index >= 15 is 0 Å². The van der Waals surface area contributed by atoms with Crippen LogP contribution in [0.1, 0.15) is 22.3 Å². The maximum atomic E-state index is 12.0. The summed E-state index contributed by atoms with van der Waals surface area (Å²) in [6.45, 7) is 1.91. The lowest BCUT2D eigenvalue weighted by atomic mass is 10.1. The normalized spacial score (nSPS) is 21.8. The highest BCUT2D eigenvalue weighted by Crippen LogP contribution is 2.19. The van der Waals surface area contributed by atoms with Gasteiger partial charge in [-0.2, -0.15) is 0 Å². The van der Waals surface area contributed by atoms with Crippen LogP contribution in [0.4, 0.5) is 0 Å². The van der Waals surface area contributed by atoms with Gasteiger partial charge in [0.2, 0.25) is 0 Å². The third-order valence-corrected chi connectivity index (χ3v) is 5.39. The second kappa shape index (κ2) is 5.01. The lowest BCUT2D eigenvalue weighted by Gasteiger charge is -2.12. The number of carbonyl (C=O) groups excluding carboxylic acids is 1. The van der Waals surface area contributed by atoms with Crippen LogP contribution < -0.4 is 5.32 Å². The van der Waals surface area contributed by atoms with E-state index in [-0.39, 0.29) is 23.5 Å². The van der Waals surface area contributed by atoms with Crippen LogP contribution in [0.2, 0.25) is 0 Å². The van der Waals surface area contributed by atoms with E-state index in [9.17, 15) is 13.2 Å². The molecule has 1 fully saturated rings. The number of nitrogens with one attached hydrogen (secondary N) is 1. The topological polar surface area (TPSA) is 63.2 Å². The lowest BCUT2D eigenvalue weighted by molar-refractivity contribution is 0.0940. The van der Waals surface area contributed by atoms with Crippen molar-refractivity contribution in [1.82, 2.24) is 5.32 Å². The van der Waals surface area contributed by atoms with Crippen LogP contribution in [-0.4, -0.2) is 31.9 Å². The van der Waals surface area contributed by atoms with Crippen molar-refractivity contribution in [2.45, 2.75) is 19.4 Å². The molecule has 98 valence electrons. The first-order valence-electron chi connectivity index (χ1n) is 5.65. The minimum Gasteiger partial charge on any atom is -0.348 e. The van der Waals surface area contributed by atoms with Crippen molar-refractivity contribution in [3.05, 3.63) is 33.8 Å². The highest BCUT2D eigenvalue weighted by molar-refractivity contribution is 9.10. The first kappa shape index (κ1) is 13.5. The zero-order valence-corrected chi connectivity index (χ0v) is 12.3. The summed E-state index contributed by atoms with van der Waals surface area (Å²) in [7, 11) is -2.97. The summed E-state index contributed by atoms with van der Waals surface area (Å²) < 4.78 is 23.4. The standard InChI is InChI=1S/C12H14BrNO3S/c1-8-2-3-11(13)10(6-8)12(15)14-9-4-5-18(16,17)7-9/h2-3,6,9H,4-5,7H2,1H3,(H,14,15). The van der Waals surface area contributed by atoms with Crippen molar-refractivity contribution >= 4 is 31.7 Å². The van der Waals surface area contributed by atoms with Crippen molar-refractivity contribution in [3.63, 3.8) is 0 Å². The first-order chi connectivity index (χ1) is 8.37. The van der Waals surface area contributed by atoms with E-state index < -0.39 is 9.84 Å². The van der Waals surface area contributed by atoms with Crippen molar-refractivity contribution in [2.24, 2.45) is 0 Å². The smallest absolute Gasteiger partial charge is 0.252 e. The molecular formula is C12H14BrNO3S. The summed E-state index contributed by atoms with van der Waals surface area (Å²) in [6.07, 6.45) is 0.498. The molecule has 4 nitrogen and oxygen atoms in total. The minimum absolute atomic E-state index is 0.0438. The Morgan fingerprint density at radius 2 is 2.17 bits per heavy atom. The van der Waals surface area contributed by atoms with Crippen LogP contribution in [0.25, 0.3) is 0 Å². The molecule has 0 radical (unpaired) electrons. The number of sulfone groups is 1. The monoisotopic (exact) mass is 331 g/mol. The molecule has 0 spiro atoms. The van der Waals surface area contributed by atoms with E-state index in [4.69, 9.17) is 0 Å². The van der Waals surface area contributed by atoms with Gasteiger partial charge in [0, 0.05) is 10.5 Å². The Morgan fingerprint density at radius 1 is 1.44 bits per heavy atom. The SMILES string of the molecule is Cc1ccc(Br)c(C(=O)NC2CCS(=O)(=O)C2)c1. The third kappa shape index (κ3) is 3.11. The highest BCUT2D eigenvalue weighted by Gasteiger charge is 2.29. The molecule has 0 bridgehead atoms. The maximum absolute atomic E-state index is 12.0. The van der Waals surface area contributed by atoms with Crippen LogP contribution in [0.15, 0.2) is 22.7 Å². The highest BCUT2D eigenvalue weighted by atomic mass is 79.9. The fourth-order valence-corrected chi connectivity index (χ4v) is 4.09. The van der Waals surface area contributed by atoms with Gasteiger partial charge in [0.15, 0.2) is 9.84 Å². The molecule has 1 aliphatic rings. The molecular weight excluding hydrogens is 318 g/mol. The summed E-state index contributed by atoms with van der Waals surface area (Å²) in [5.74, 6) is -0.0255. The largest absolute Gasteiger partial charge is 0.348 e. The summed E-state index contributed by atoms with van der Waals surface area (Å²) >= 11 is 3.32. The first-order valence-corrected chi connectivity index (χ1v) is 8.26. The summed E-state index contributed by atoms with van der Waals surface area (Å²) in [4.78, 5) is 12.0. The van der Waals surface area contributed by atoms with Crippen molar-refractivity contribution in [3.8, 4) is 0 Å². The maximum Gasteiger partial charge on any atom is 0.252 e. The van der Waals surface area contributed by atoms with Crippen molar-refractivity contribution in [2.75, 3.05) is 11.5 Å². The molecule has 1 atom stereocenters. The fourth-order valence-electron chi connectivity index (χ4n) is 1.99. The van der Waals surface area contributed by atoms with E-state index in [0.717, 1.165) is 5.56 Å². The quantitative estimate of drug-likeness (QED) is 0.896. The Bertz CT molecular complexity index is 583. The Morgan fingerprint density at radius 3 is 2.78 bits per heavy atom. The van der Waals surface area contributed by atoms with Crippen LogP contribution >= 0.6 is 15.9 Å². The van der Waals surface area contributed by atoms with Gasteiger partial charge >= 0.3 is 0 Å². The van der Waals surface area contributed by atoms with Gasteiger partial charge in [-0.3, -0.25) is 4.79 Å². The number of amides is 1. The van der Waals surface area contributed by atoms with E-state index in [0.29, 0.717) is 16.5 Å². The molecule has 1 amide bonds. The summed E-state index contributed by atoms with van der Waals surface area (Å²) in [5, 5.41) is 2.77. The number of aryl methyl sites for hydroxylation is 1. The van der Waals surface area contributed by atoms with Gasteiger partial charge < -0.3 is 5.32 Å². The number of hydrogen-bond donors (Lipinski definition) is 1. The predicted octanol–water partition coefficient (Wildman–Crippen LogP) is 1.67. The minimum atomic E-state index is -2.97. The van der Waals surface area contributed by atoms with Crippen LogP contribution in [0.5, 0.6) is 0 Å². The molecule has 1 aromatic carbocycles. The number of halogens is 1. The zero-order chi connectivity index (χ0) is 13.3. The number of benzene rings is 1. The van der Waals surface area contributed by atoms with Gasteiger partial charge in [-0.05, 0) is 41.4 Å². The summed E-state index contributed by atoms with van der Waals surface area (Å²) in [5.41, 5.74) is 1.53. The second-order valence-corrected chi connectivity index (χ2v) is 7.64. The molecule has 1 aromatic rings.